The number of fused-ring (bicyclic) bond motifs is 2. The van der Waals surface area contributed by atoms with Crippen LogP contribution in [-0.2, 0) is 16.1 Å². The Kier molecular flexibility index (Phi) is 7.34. The molecule has 2 aliphatic rings. The number of benzene rings is 1. The van der Waals surface area contributed by atoms with Crippen LogP contribution in [0.5, 0.6) is 11.6 Å². The van der Waals surface area contributed by atoms with Crippen LogP contribution in [0.25, 0.3) is 0 Å². The van der Waals surface area contributed by atoms with E-state index in [4.69, 9.17) is 4.74 Å². The number of nitrogens with one attached hydrogen (secondary N) is 1. The number of pyridine rings is 1. The predicted molar refractivity (Wildman–Crippen MR) is 123 cm³/mol. The zero-order valence-electron chi connectivity index (χ0n) is 18.6. The molecule has 1 fully saturated rings. The number of anilines is 1. The molecular weight excluding hydrogens is 406 g/mol. The summed E-state index contributed by atoms with van der Waals surface area (Å²) in [5.74, 6) is 0.891. The monoisotopic (exact) mass is 437 g/mol. The molecule has 0 radical (unpaired) electrons. The van der Waals surface area contributed by atoms with Crippen molar-refractivity contribution < 1.29 is 14.3 Å². The first-order valence-corrected chi connectivity index (χ1v) is 11.3. The summed E-state index contributed by atoms with van der Waals surface area (Å²) in [6.45, 7) is 6.37. The van der Waals surface area contributed by atoms with Gasteiger partial charge in [-0.2, -0.15) is 0 Å². The largest absolute Gasteiger partial charge is 0.437 e. The zero-order valence-corrected chi connectivity index (χ0v) is 18.6. The molecule has 1 saturated heterocycles. The summed E-state index contributed by atoms with van der Waals surface area (Å²) < 4.78 is 5.94. The maximum atomic E-state index is 13.0. The van der Waals surface area contributed by atoms with Gasteiger partial charge in [-0.15, -0.1) is 0 Å². The van der Waals surface area contributed by atoms with E-state index >= 15 is 0 Å². The lowest BCUT2D eigenvalue weighted by molar-refractivity contribution is -0.125. The number of amides is 2. The maximum Gasteiger partial charge on any atom is 0.243 e. The lowest BCUT2D eigenvalue weighted by atomic mass is 10.1. The SMILES string of the molecule is CN1CCN(CCCNC(=O)CCC(=O)N2Cc3ccccc3Oc3ncccc32)CC1. The van der Waals surface area contributed by atoms with Crippen LogP contribution in [0, 0.1) is 0 Å². The van der Waals surface area contributed by atoms with Crippen LogP contribution in [0.1, 0.15) is 24.8 Å². The highest BCUT2D eigenvalue weighted by Crippen LogP contribution is 2.37. The third-order valence-corrected chi connectivity index (χ3v) is 5.99. The standard InChI is InChI=1S/C24H31N5O3/c1-27-14-16-28(17-15-27)13-5-12-25-22(30)9-10-23(31)29-18-19-6-2-3-8-21(19)32-24-20(29)7-4-11-26-24/h2-4,6-8,11H,5,9-10,12-18H2,1H3,(H,25,30). The summed E-state index contributed by atoms with van der Waals surface area (Å²) in [5, 5.41) is 2.95. The van der Waals surface area contributed by atoms with Gasteiger partial charge >= 0.3 is 0 Å². The molecule has 2 aliphatic heterocycles. The molecule has 1 aromatic carbocycles. The fraction of sp³-hybridized carbons (Fsp3) is 0.458. The molecule has 0 aliphatic carbocycles. The van der Waals surface area contributed by atoms with Crippen LogP contribution in [-0.4, -0.2) is 72.9 Å². The third kappa shape index (κ3) is 5.63. The van der Waals surface area contributed by atoms with Gasteiger partial charge in [-0.05, 0) is 38.2 Å². The first kappa shape index (κ1) is 22.2. The van der Waals surface area contributed by atoms with E-state index in [-0.39, 0.29) is 24.7 Å². The normalized spacial score (nSPS) is 16.5. The van der Waals surface area contributed by atoms with E-state index in [0.717, 1.165) is 44.7 Å². The average molecular weight is 438 g/mol. The van der Waals surface area contributed by atoms with Crippen molar-refractivity contribution in [2.24, 2.45) is 0 Å². The summed E-state index contributed by atoms with van der Waals surface area (Å²) >= 11 is 0. The first-order chi connectivity index (χ1) is 15.6. The van der Waals surface area contributed by atoms with Crippen molar-refractivity contribution in [3.63, 3.8) is 0 Å². The minimum Gasteiger partial charge on any atom is -0.437 e. The molecule has 0 unspecified atom stereocenters. The Bertz CT molecular complexity index is 943. The minimum atomic E-state index is -0.118. The van der Waals surface area contributed by atoms with Gasteiger partial charge in [0.2, 0.25) is 17.7 Å². The second kappa shape index (κ2) is 10.6. The van der Waals surface area contributed by atoms with E-state index in [1.54, 1.807) is 17.2 Å². The fourth-order valence-corrected chi connectivity index (χ4v) is 4.03. The number of piperazine rings is 1. The summed E-state index contributed by atoms with van der Waals surface area (Å²) in [4.78, 5) is 36.1. The highest BCUT2D eigenvalue weighted by atomic mass is 16.5. The first-order valence-electron chi connectivity index (χ1n) is 11.3. The molecule has 0 spiro atoms. The highest BCUT2D eigenvalue weighted by molar-refractivity contribution is 5.96. The van der Waals surface area contributed by atoms with Crippen LogP contribution in [0.2, 0.25) is 0 Å². The van der Waals surface area contributed by atoms with Crippen molar-refractivity contribution in [1.82, 2.24) is 20.1 Å². The molecule has 170 valence electrons. The zero-order chi connectivity index (χ0) is 22.3. The molecule has 0 bridgehead atoms. The summed E-state index contributed by atoms with van der Waals surface area (Å²) in [6, 6.07) is 11.2. The van der Waals surface area contributed by atoms with E-state index in [1.807, 2.05) is 30.3 Å². The third-order valence-electron chi connectivity index (χ3n) is 5.99. The van der Waals surface area contributed by atoms with Crippen LogP contribution < -0.4 is 15.0 Å². The van der Waals surface area contributed by atoms with Gasteiger partial charge in [-0.3, -0.25) is 9.59 Å². The van der Waals surface area contributed by atoms with Crippen molar-refractivity contribution in [2.75, 3.05) is 51.2 Å². The van der Waals surface area contributed by atoms with E-state index in [2.05, 4.69) is 27.1 Å². The summed E-state index contributed by atoms with van der Waals surface area (Å²) in [6.07, 6.45) is 2.87. The topological polar surface area (TPSA) is 78.0 Å². The average Bonchev–Trinajstić information content (AvgIpc) is 2.98. The number of nitrogens with zero attached hydrogens (tertiary/aromatic N) is 4. The van der Waals surface area contributed by atoms with E-state index in [1.165, 1.54) is 0 Å². The summed E-state index contributed by atoms with van der Waals surface area (Å²) in [7, 11) is 2.14. The molecule has 0 atom stereocenters. The van der Waals surface area contributed by atoms with Gasteiger partial charge in [0, 0.05) is 57.3 Å². The van der Waals surface area contributed by atoms with Gasteiger partial charge in [0.25, 0.3) is 0 Å². The van der Waals surface area contributed by atoms with Gasteiger partial charge in [0.05, 0.1) is 6.54 Å². The van der Waals surface area contributed by atoms with Gasteiger partial charge in [0.15, 0.2) is 0 Å². The molecule has 8 heteroatoms. The molecule has 4 rings (SSSR count). The number of hydrogen-bond donors (Lipinski definition) is 1. The number of hydrogen-bond acceptors (Lipinski definition) is 6. The van der Waals surface area contributed by atoms with Gasteiger partial charge in [0.1, 0.15) is 11.4 Å². The number of ether oxygens (including phenoxy) is 1. The molecule has 3 heterocycles. The van der Waals surface area contributed by atoms with Gasteiger partial charge in [-0.1, -0.05) is 18.2 Å². The maximum absolute atomic E-state index is 13.0. The Hall–Kier alpha value is -2.97. The minimum absolute atomic E-state index is 0.0883. The van der Waals surface area contributed by atoms with Crippen molar-refractivity contribution in [1.29, 1.82) is 0 Å². The van der Waals surface area contributed by atoms with Crippen molar-refractivity contribution in [2.45, 2.75) is 25.8 Å². The second-order valence-corrected chi connectivity index (χ2v) is 8.37. The van der Waals surface area contributed by atoms with Crippen molar-refractivity contribution in [3.8, 4) is 11.6 Å². The second-order valence-electron chi connectivity index (χ2n) is 8.37. The Morgan fingerprint density at radius 1 is 1.06 bits per heavy atom. The fourth-order valence-electron chi connectivity index (χ4n) is 4.03. The number of rotatable bonds is 7. The van der Waals surface area contributed by atoms with Crippen LogP contribution in [0.3, 0.4) is 0 Å². The lowest BCUT2D eigenvalue weighted by Gasteiger charge is -2.32. The van der Waals surface area contributed by atoms with Crippen molar-refractivity contribution >= 4 is 17.5 Å². The smallest absolute Gasteiger partial charge is 0.243 e. The van der Waals surface area contributed by atoms with E-state index in [0.29, 0.717) is 30.4 Å². The number of para-hydroxylation sites is 1. The Labute approximate surface area is 189 Å². The van der Waals surface area contributed by atoms with E-state index < -0.39 is 0 Å². The molecule has 32 heavy (non-hydrogen) atoms. The Balaban J connectivity index is 1.26. The lowest BCUT2D eigenvalue weighted by Crippen LogP contribution is -2.45. The molecule has 0 saturated carbocycles. The van der Waals surface area contributed by atoms with Crippen LogP contribution >= 0.6 is 0 Å². The Morgan fingerprint density at radius 3 is 2.72 bits per heavy atom. The van der Waals surface area contributed by atoms with E-state index in [9.17, 15) is 9.59 Å². The number of likely N-dealkylation sites (N-methyl/N-ethyl adjacent to an activating group) is 1. The van der Waals surface area contributed by atoms with Gasteiger partial charge in [-0.25, -0.2) is 4.98 Å². The molecule has 2 amide bonds. The molecule has 2 aromatic rings. The molecule has 1 N–H and O–H groups in total. The molecule has 8 nitrogen and oxygen atoms in total. The predicted octanol–water partition coefficient (Wildman–Crippen LogP) is 2.25. The highest BCUT2D eigenvalue weighted by Gasteiger charge is 2.26. The number of carbonyl (C=O) groups is 2. The van der Waals surface area contributed by atoms with Crippen LogP contribution in [0.4, 0.5) is 5.69 Å². The molecular formula is C24H31N5O3. The van der Waals surface area contributed by atoms with Crippen LogP contribution in [0.15, 0.2) is 42.6 Å². The summed E-state index contributed by atoms with van der Waals surface area (Å²) in [5.41, 5.74) is 1.54. The Morgan fingerprint density at radius 2 is 1.88 bits per heavy atom. The van der Waals surface area contributed by atoms with Gasteiger partial charge < -0.3 is 24.8 Å². The van der Waals surface area contributed by atoms with Crippen molar-refractivity contribution in [3.05, 3.63) is 48.2 Å². The number of carbonyl (C=O) groups excluding carboxylic acids is 2. The molecule has 1 aromatic heterocycles. The number of aromatic nitrogens is 1. The quantitative estimate of drug-likeness (QED) is 0.670.